The summed E-state index contributed by atoms with van der Waals surface area (Å²) in [6.45, 7) is 1.88. The average molecular weight is 375 g/mol. The van der Waals surface area contributed by atoms with E-state index in [1.165, 1.54) is 10.5 Å². The molecule has 2 aromatic heterocycles. The molecule has 0 bridgehead atoms. The molecule has 28 heavy (non-hydrogen) atoms. The van der Waals surface area contributed by atoms with Crippen LogP contribution in [0.1, 0.15) is 33.2 Å². The van der Waals surface area contributed by atoms with Crippen molar-refractivity contribution in [1.82, 2.24) is 4.40 Å². The highest BCUT2D eigenvalue weighted by Crippen LogP contribution is 2.23. The quantitative estimate of drug-likeness (QED) is 0.393. The van der Waals surface area contributed by atoms with Gasteiger partial charge in [-0.05, 0) is 25.1 Å². The molecule has 0 spiro atoms. The fourth-order valence-corrected chi connectivity index (χ4v) is 3.19. The number of nitrogens with zero attached hydrogens (tertiary/aromatic N) is 1. The summed E-state index contributed by atoms with van der Waals surface area (Å²) in [7, 11) is 0. The van der Waals surface area contributed by atoms with Gasteiger partial charge in [0.25, 0.3) is 5.56 Å². The molecule has 4 aromatic rings. The first-order valence-corrected chi connectivity index (χ1v) is 8.91. The highest BCUT2D eigenvalue weighted by atomic mass is 16.5. The SMILES string of the molecule is CCOC(=O)c1cc(CC(=O)c2ccccc2)c(=O)n2c1oc1ccccc12. The number of oxazole rings is 1. The lowest BCUT2D eigenvalue weighted by atomic mass is 10.0. The van der Waals surface area contributed by atoms with Gasteiger partial charge in [-0.25, -0.2) is 9.20 Å². The predicted octanol–water partition coefficient (Wildman–Crippen LogP) is 3.65. The minimum atomic E-state index is -0.604. The van der Waals surface area contributed by atoms with Gasteiger partial charge in [0.05, 0.1) is 12.1 Å². The van der Waals surface area contributed by atoms with Crippen molar-refractivity contribution in [3.05, 3.63) is 87.7 Å². The fourth-order valence-electron chi connectivity index (χ4n) is 3.19. The van der Waals surface area contributed by atoms with E-state index in [0.29, 0.717) is 16.7 Å². The van der Waals surface area contributed by atoms with Gasteiger partial charge in [-0.1, -0.05) is 42.5 Å². The molecule has 0 saturated carbocycles. The second kappa shape index (κ2) is 7.15. The first kappa shape index (κ1) is 17.7. The topological polar surface area (TPSA) is 78.0 Å². The molecule has 0 aliphatic rings. The molecular formula is C22H17NO5. The van der Waals surface area contributed by atoms with Crippen molar-refractivity contribution in [2.45, 2.75) is 13.3 Å². The largest absolute Gasteiger partial charge is 0.462 e. The molecule has 0 radical (unpaired) electrons. The van der Waals surface area contributed by atoms with Crippen molar-refractivity contribution in [2.24, 2.45) is 0 Å². The third-order valence-corrected chi connectivity index (χ3v) is 4.48. The Morgan fingerprint density at radius 1 is 1.04 bits per heavy atom. The van der Waals surface area contributed by atoms with E-state index in [9.17, 15) is 14.4 Å². The van der Waals surface area contributed by atoms with Gasteiger partial charge in [0.1, 0.15) is 5.56 Å². The molecule has 0 saturated heterocycles. The zero-order valence-electron chi connectivity index (χ0n) is 15.2. The summed E-state index contributed by atoms with van der Waals surface area (Å²) in [5.41, 5.74) is 1.55. The highest BCUT2D eigenvalue weighted by molar-refractivity contribution is 5.99. The molecule has 0 aliphatic heterocycles. The lowest BCUT2D eigenvalue weighted by Gasteiger charge is -2.07. The van der Waals surface area contributed by atoms with Gasteiger partial charge in [0, 0.05) is 17.5 Å². The van der Waals surface area contributed by atoms with Crippen molar-refractivity contribution in [3.8, 4) is 0 Å². The Morgan fingerprint density at radius 2 is 1.75 bits per heavy atom. The fraction of sp³-hybridized carbons (Fsp3) is 0.136. The molecule has 0 aliphatic carbocycles. The molecule has 0 fully saturated rings. The highest BCUT2D eigenvalue weighted by Gasteiger charge is 2.22. The van der Waals surface area contributed by atoms with Crippen LogP contribution in [0, 0.1) is 0 Å². The minimum absolute atomic E-state index is 0.112. The molecule has 4 rings (SSSR count). The molecule has 6 heteroatoms. The standard InChI is InChI=1S/C22H17NO5/c1-2-27-22(26)16-12-15(13-18(24)14-8-4-3-5-9-14)20(25)23-17-10-6-7-11-19(17)28-21(16)23/h3-12H,2,13H2,1H3. The van der Waals surface area contributed by atoms with Crippen molar-refractivity contribution < 1.29 is 18.7 Å². The van der Waals surface area contributed by atoms with Crippen LogP contribution in [0.4, 0.5) is 0 Å². The van der Waals surface area contributed by atoms with Gasteiger partial charge in [-0.15, -0.1) is 0 Å². The van der Waals surface area contributed by atoms with Gasteiger partial charge in [-0.3, -0.25) is 9.59 Å². The summed E-state index contributed by atoms with van der Waals surface area (Å²) in [6.07, 6.45) is -0.127. The average Bonchev–Trinajstić information content (AvgIpc) is 3.10. The van der Waals surface area contributed by atoms with E-state index in [1.807, 2.05) is 6.07 Å². The number of esters is 1. The Hall–Kier alpha value is -3.67. The van der Waals surface area contributed by atoms with Crippen LogP contribution in [-0.2, 0) is 11.2 Å². The van der Waals surface area contributed by atoms with Gasteiger partial charge in [0.15, 0.2) is 11.4 Å². The van der Waals surface area contributed by atoms with E-state index in [-0.39, 0.29) is 35.7 Å². The van der Waals surface area contributed by atoms with Crippen molar-refractivity contribution in [2.75, 3.05) is 6.61 Å². The second-order valence-electron chi connectivity index (χ2n) is 6.29. The number of para-hydroxylation sites is 2. The number of carbonyl (C=O) groups is 2. The Bertz CT molecular complexity index is 1250. The molecule has 2 heterocycles. The Labute approximate surface area is 160 Å². The maximum atomic E-state index is 13.1. The van der Waals surface area contributed by atoms with Crippen LogP contribution < -0.4 is 5.56 Å². The zero-order valence-corrected chi connectivity index (χ0v) is 15.2. The number of benzene rings is 2. The van der Waals surface area contributed by atoms with E-state index in [0.717, 1.165) is 0 Å². The van der Waals surface area contributed by atoms with E-state index in [1.54, 1.807) is 55.5 Å². The summed E-state index contributed by atoms with van der Waals surface area (Å²) < 4.78 is 12.2. The summed E-state index contributed by atoms with van der Waals surface area (Å²) >= 11 is 0. The van der Waals surface area contributed by atoms with Crippen LogP contribution >= 0.6 is 0 Å². The van der Waals surface area contributed by atoms with E-state index < -0.39 is 11.5 Å². The monoisotopic (exact) mass is 375 g/mol. The predicted molar refractivity (Wildman–Crippen MR) is 104 cm³/mol. The number of hydrogen-bond donors (Lipinski definition) is 0. The maximum Gasteiger partial charge on any atom is 0.343 e. The molecule has 0 N–H and O–H groups in total. The molecule has 0 unspecified atom stereocenters. The van der Waals surface area contributed by atoms with Gasteiger partial charge < -0.3 is 9.15 Å². The van der Waals surface area contributed by atoms with Crippen LogP contribution in [0.15, 0.2) is 69.9 Å². The Balaban J connectivity index is 1.92. The summed E-state index contributed by atoms with van der Waals surface area (Å²) in [5.74, 6) is -0.812. The number of rotatable bonds is 5. The lowest BCUT2D eigenvalue weighted by Crippen LogP contribution is -2.23. The first-order valence-electron chi connectivity index (χ1n) is 8.91. The third kappa shape index (κ3) is 2.99. The molecule has 2 aromatic carbocycles. The van der Waals surface area contributed by atoms with Gasteiger partial charge in [-0.2, -0.15) is 0 Å². The maximum absolute atomic E-state index is 13.1. The number of hydrogen-bond acceptors (Lipinski definition) is 5. The van der Waals surface area contributed by atoms with Crippen LogP contribution in [0.5, 0.6) is 0 Å². The molecule has 6 nitrogen and oxygen atoms in total. The molecular weight excluding hydrogens is 358 g/mol. The van der Waals surface area contributed by atoms with Crippen molar-refractivity contribution >= 4 is 28.6 Å². The number of Topliss-reactive ketones (excluding diaryl/α,β-unsaturated/α-hetero) is 1. The number of carbonyl (C=O) groups excluding carboxylic acids is 2. The van der Waals surface area contributed by atoms with Crippen LogP contribution in [0.3, 0.4) is 0 Å². The number of pyridine rings is 1. The minimum Gasteiger partial charge on any atom is -0.462 e. The summed E-state index contributed by atoms with van der Waals surface area (Å²) in [4.78, 5) is 38.2. The van der Waals surface area contributed by atoms with E-state index in [4.69, 9.17) is 9.15 Å². The van der Waals surface area contributed by atoms with Crippen molar-refractivity contribution in [1.29, 1.82) is 0 Å². The molecule has 0 amide bonds. The Morgan fingerprint density at radius 3 is 2.50 bits per heavy atom. The van der Waals surface area contributed by atoms with Crippen LogP contribution in [0.25, 0.3) is 16.8 Å². The van der Waals surface area contributed by atoms with Crippen LogP contribution in [-0.4, -0.2) is 22.8 Å². The summed E-state index contributed by atoms with van der Waals surface area (Å²) in [6, 6.07) is 17.1. The van der Waals surface area contributed by atoms with E-state index in [2.05, 4.69) is 0 Å². The molecule has 140 valence electrons. The van der Waals surface area contributed by atoms with Crippen molar-refractivity contribution in [3.63, 3.8) is 0 Å². The number of ketones is 1. The summed E-state index contributed by atoms with van der Waals surface area (Å²) in [5, 5.41) is 0. The number of aromatic nitrogens is 1. The van der Waals surface area contributed by atoms with E-state index >= 15 is 0 Å². The first-order chi connectivity index (χ1) is 13.6. The third-order valence-electron chi connectivity index (χ3n) is 4.48. The van der Waals surface area contributed by atoms with Gasteiger partial charge in [0.2, 0.25) is 5.71 Å². The lowest BCUT2D eigenvalue weighted by molar-refractivity contribution is 0.0526. The Kier molecular flexibility index (Phi) is 4.53. The number of fused-ring (bicyclic) bond motifs is 3. The second-order valence-corrected chi connectivity index (χ2v) is 6.29. The normalized spacial score (nSPS) is 11.0. The van der Waals surface area contributed by atoms with Crippen LogP contribution in [0.2, 0.25) is 0 Å². The zero-order chi connectivity index (χ0) is 19.7. The molecule has 0 atom stereocenters. The number of ether oxygens (including phenoxy) is 1. The smallest absolute Gasteiger partial charge is 0.343 e. The van der Waals surface area contributed by atoms with Gasteiger partial charge >= 0.3 is 5.97 Å².